The summed E-state index contributed by atoms with van der Waals surface area (Å²) in [5, 5.41) is 9.29. The predicted molar refractivity (Wildman–Crippen MR) is 89.1 cm³/mol. The van der Waals surface area contributed by atoms with Crippen molar-refractivity contribution >= 4 is 48.3 Å². The molecule has 0 bridgehead atoms. The van der Waals surface area contributed by atoms with Crippen LogP contribution in [0.1, 0.15) is 6.42 Å². The van der Waals surface area contributed by atoms with Crippen molar-refractivity contribution in [3.63, 3.8) is 0 Å². The molecule has 1 saturated heterocycles. The van der Waals surface area contributed by atoms with Gasteiger partial charge in [-0.3, -0.25) is 10.1 Å². The summed E-state index contributed by atoms with van der Waals surface area (Å²) >= 11 is 1.76. The third kappa shape index (κ3) is 6.65. The number of carbonyl (C=O) groups excluding carboxylic acids is 1. The molecule has 1 aliphatic heterocycles. The second kappa shape index (κ2) is 11.0. The third-order valence-corrected chi connectivity index (χ3v) is 3.60. The number of thioether (sulfide) groups is 1. The van der Waals surface area contributed by atoms with Gasteiger partial charge in [0.2, 0.25) is 5.91 Å². The maximum atomic E-state index is 11.7. The van der Waals surface area contributed by atoms with Crippen molar-refractivity contribution in [2.75, 3.05) is 30.0 Å². The van der Waals surface area contributed by atoms with Crippen molar-refractivity contribution in [1.82, 2.24) is 15.6 Å². The van der Waals surface area contributed by atoms with Crippen molar-refractivity contribution in [2.45, 2.75) is 12.5 Å². The van der Waals surface area contributed by atoms with E-state index in [0.717, 1.165) is 30.4 Å². The van der Waals surface area contributed by atoms with E-state index in [9.17, 15) is 4.79 Å². The molecule has 1 fully saturated rings. The topological polar surface area (TPSA) is 66.0 Å². The van der Waals surface area contributed by atoms with Gasteiger partial charge in [0.1, 0.15) is 5.82 Å². The van der Waals surface area contributed by atoms with Gasteiger partial charge in [-0.25, -0.2) is 4.98 Å². The molecular formula is C12H20Cl2N4OS. The van der Waals surface area contributed by atoms with Gasteiger partial charge in [-0.15, -0.1) is 36.6 Å². The molecule has 20 heavy (non-hydrogen) atoms. The average Bonchev–Trinajstić information content (AvgIpc) is 2.93. The van der Waals surface area contributed by atoms with Crippen LogP contribution < -0.4 is 16.0 Å². The second-order valence-corrected chi connectivity index (χ2v) is 5.09. The van der Waals surface area contributed by atoms with Gasteiger partial charge in [-0.1, -0.05) is 6.07 Å². The van der Waals surface area contributed by atoms with E-state index >= 15 is 0 Å². The molecule has 0 spiro atoms. The first-order valence-corrected chi connectivity index (χ1v) is 7.25. The quantitative estimate of drug-likeness (QED) is 0.686. The number of halogens is 2. The molecule has 2 heterocycles. The Bertz CT molecular complexity index is 377. The van der Waals surface area contributed by atoms with E-state index in [1.54, 1.807) is 18.0 Å². The zero-order chi connectivity index (χ0) is 12.6. The Balaban J connectivity index is 0.00000180. The first-order valence-electron chi connectivity index (χ1n) is 6.10. The summed E-state index contributed by atoms with van der Waals surface area (Å²) in [6.45, 7) is 1.51. The lowest BCUT2D eigenvalue weighted by atomic mass is 10.3. The van der Waals surface area contributed by atoms with Gasteiger partial charge in [0.25, 0.3) is 0 Å². The number of anilines is 1. The molecule has 1 unspecified atom stereocenters. The molecule has 114 valence electrons. The van der Waals surface area contributed by atoms with Crippen LogP contribution in [0.4, 0.5) is 5.82 Å². The van der Waals surface area contributed by atoms with Gasteiger partial charge in [-0.05, 0) is 18.6 Å². The van der Waals surface area contributed by atoms with Crippen molar-refractivity contribution in [1.29, 1.82) is 0 Å². The number of aromatic nitrogens is 1. The molecule has 8 heteroatoms. The van der Waals surface area contributed by atoms with Crippen LogP contribution in [0.3, 0.4) is 0 Å². The van der Waals surface area contributed by atoms with E-state index < -0.39 is 0 Å². The lowest BCUT2D eigenvalue weighted by molar-refractivity contribution is -0.122. The van der Waals surface area contributed by atoms with Crippen LogP contribution in [0, 0.1) is 0 Å². The fraction of sp³-hybridized carbons (Fsp3) is 0.500. The van der Waals surface area contributed by atoms with Gasteiger partial charge in [0.15, 0.2) is 0 Å². The highest BCUT2D eigenvalue weighted by atomic mass is 35.5. The van der Waals surface area contributed by atoms with Gasteiger partial charge in [-0.2, -0.15) is 0 Å². The lowest BCUT2D eigenvalue weighted by Gasteiger charge is -2.10. The molecule has 1 aromatic heterocycles. The lowest BCUT2D eigenvalue weighted by Crippen LogP contribution is -2.42. The zero-order valence-electron chi connectivity index (χ0n) is 11.0. The highest BCUT2D eigenvalue weighted by molar-refractivity contribution is 7.99. The number of pyridine rings is 1. The molecule has 1 amide bonds. The van der Waals surface area contributed by atoms with E-state index in [0.29, 0.717) is 6.54 Å². The van der Waals surface area contributed by atoms with Gasteiger partial charge in [0, 0.05) is 30.9 Å². The Morgan fingerprint density at radius 2 is 2.25 bits per heavy atom. The fourth-order valence-electron chi connectivity index (χ4n) is 1.67. The third-order valence-electron chi connectivity index (χ3n) is 2.66. The van der Waals surface area contributed by atoms with Crippen LogP contribution in [0.2, 0.25) is 0 Å². The van der Waals surface area contributed by atoms with Crippen LogP contribution in [0.25, 0.3) is 0 Å². The summed E-state index contributed by atoms with van der Waals surface area (Å²) in [5.74, 6) is 2.73. The van der Waals surface area contributed by atoms with Crippen molar-refractivity contribution in [2.24, 2.45) is 0 Å². The van der Waals surface area contributed by atoms with Gasteiger partial charge in [0.05, 0.1) is 6.04 Å². The molecule has 0 aliphatic carbocycles. The number of carbonyl (C=O) groups is 1. The van der Waals surface area contributed by atoms with Gasteiger partial charge >= 0.3 is 0 Å². The fourth-order valence-corrected chi connectivity index (χ4v) is 2.61. The molecule has 1 aliphatic rings. The Morgan fingerprint density at radius 1 is 1.40 bits per heavy atom. The standard InChI is InChI=1S/C12H18N4OS.2ClH/c17-12(10-8-18-9-16-10)15-7-3-6-14-11-4-1-2-5-13-11;;/h1-2,4-5,10,16H,3,6-9H2,(H,13,14)(H,15,17);2*1H. The van der Waals surface area contributed by atoms with Crippen LogP contribution in [0.5, 0.6) is 0 Å². The molecule has 0 saturated carbocycles. The SMILES string of the molecule is Cl.Cl.O=C(NCCCNc1ccccn1)C1CSCN1. The molecule has 1 atom stereocenters. The summed E-state index contributed by atoms with van der Waals surface area (Å²) in [6.07, 6.45) is 2.65. The average molecular weight is 339 g/mol. The van der Waals surface area contributed by atoms with Crippen molar-refractivity contribution in [3.8, 4) is 0 Å². The maximum absolute atomic E-state index is 11.7. The highest BCUT2D eigenvalue weighted by Crippen LogP contribution is 2.09. The zero-order valence-corrected chi connectivity index (χ0v) is 13.5. The predicted octanol–water partition coefficient (Wildman–Crippen LogP) is 1.51. The summed E-state index contributed by atoms with van der Waals surface area (Å²) < 4.78 is 0. The monoisotopic (exact) mass is 338 g/mol. The largest absolute Gasteiger partial charge is 0.370 e. The molecule has 1 aromatic rings. The highest BCUT2D eigenvalue weighted by Gasteiger charge is 2.21. The molecule has 2 rings (SSSR count). The first-order chi connectivity index (χ1) is 8.86. The summed E-state index contributed by atoms with van der Waals surface area (Å²) in [6, 6.07) is 5.75. The summed E-state index contributed by atoms with van der Waals surface area (Å²) in [7, 11) is 0. The Kier molecular flexibility index (Phi) is 10.6. The normalized spacial score (nSPS) is 16.7. The Morgan fingerprint density at radius 3 is 2.90 bits per heavy atom. The first kappa shape index (κ1) is 19.3. The number of hydrogen-bond acceptors (Lipinski definition) is 5. The molecule has 3 N–H and O–H groups in total. The van der Waals surface area contributed by atoms with E-state index in [2.05, 4.69) is 20.9 Å². The van der Waals surface area contributed by atoms with Crippen LogP contribution in [-0.4, -0.2) is 41.7 Å². The maximum Gasteiger partial charge on any atom is 0.238 e. The van der Waals surface area contributed by atoms with Crippen LogP contribution in [0.15, 0.2) is 24.4 Å². The van der Waals surface area contributed by atoms with Crippen molar-refractivity contribution < 1.29 is 4.79 Å². The van der Waals surface area contributed by atoms with E-state index in [-0.39, 0.29) is 36.8 Å². The van der Waals surface area contributed by atoms with Gasteiger partial charge < -0.3 is 10.6 Å². The number of amides is 1. The Labute approximate surface area is 135 Å². The van der Waals surface area contributed by atoms with Crippen molar-refractivity contribution in [3.05, 3.63) is 24.4 Å². The second-order valence-electron chi connectivity index (χ2n) is 4.06. The number of nitrogens with one attached hydrogen (secondary N) is 3. The molecule has 0 aromatic carbocycles. The minimum Gasteiger partial charge on any atom is -0.370 e. The number of nitrogens with zero attached hydrogens (tertiary/aromatic N) is 1. The smallest absolute Gasteiger partial charge is 0.238 e. The van der Waals surface area contributed by atoms with E-state index in [1.807, 2.05) is 18.2 Å². The minimum atomic E-state index is -0.0150. The summed E-state index contributed by atoms with van der Waals surface area (Å²) in [4.78, 5) is 15.8. The van der Waals surface area contributed by atoms with Crippen LogP contribution in [-0.2, 0) is 4.79 Å². The minimum absolute atomic E-state index is 0. The molecule has 5 nitrogen and oxygen atoms in total. The Hall–Kier alpha value is -0.690. The molecule has 0 radical (unpaired) electrons. The van der Waals surface area contributed by atoms with Crippen LogP contribution >= 0.6 is 36.6 Å². The molecular weight excluding hydrogens is 319 g/mol. The number of rotatable bonds is 6. The van der Waals surface area contributed by atoms with E-state index in [4.69, 9.17) is 0 Å². The number of hydrogen-bond donors (Lipinski definition) is 3. The summed E-state index contributed by atoms with van der Waals surface area (Å²) in [5.41, 5.74) is 0. The van der Waals surface area contributed by atoms with E-state index in [1.165, 1.54) is 0 Å².